The zero-order chi connectivity index (χ0) is 41.3. The highest BCUT2D eigenvalue weighted by Gasteiger charge is 2.62. The first-order valence-electron chi connectivity index (χ1n) is 19.4. The number of hydrogen-bond acceptors (Lipinski definition) is 10. The third-order valence-corrected chi connectivity index (χ3v) is 10.7. The van der Waals surface area contributed by atoms with E-state index in [-0.39, 0.29) is 13.2 Å². The van der Waals surface area contributed by atoms with Gasteiger partial charge in [-0.05, 0) is 79.7 Å². The first-order valence-corrected chi connectivity index (χ1v) is 19.4. The van der Waals surface area contributed by atoms with E-state index in [1.165, 1.54) is 6.08 Å². The lowest BCUT2D eigenvalue weighted by Crippen LogP contribution is -2.58. The Hall–Kier alpha value is -4.42. The Bertz CT molecular complexity index is 1530. The smallest absolute Gasteiger partial charge is 0.310 e. The average molecular weight is 781 g/mol. The molecular weight excluding hydrogens is 720 g/mol. The summed E-state index contributed by atoms with van der Waals surface area (Å²) >= 11 is 0. The van der Waals surface area contributed by atoms with Crippen LogP contribution in [0.2, 0.25) is 0 Å². The highest BCUT2D eigenvalue weighted by molar-refractivity contribution is 5.89. The first-order chi connectivity index (χ1) is 26.2. The summed E-state index contributed by atoms with van der Waals surface area (Å²) in [6, 6.07) is 19.0. The number of hydrogen-bond donors (Lipinski definition) is 2. The molecule has 12 heteroatoms. The number of ether oxygens (including phenoxy) is 6. The lowest BCUT2D eigenvalue weighted by Gasteiger charge is -2.48. The topological polar surface area (TPSA) is 164 Å². The predicted octanol–water partition coefficient (Wildman–Crippen LogP) is 7.39. The molecule has 0 heterocycles. The predicted molar refractivity (Wildman–Crippen MR) is 208 cm³/mol. The van der Waals surface area contributed by atoms with E-state index in [1.807, 2.05) is 116 Å². The Kier molecular flexibility index (Phi) is 14.8. The highest BCUT2D eigenvalue weighted by atomic mass is 16.5. The van der Waals surface area contributed by atoms with Gasteiger partial charge in [-0.25, -0.2) is 0 Å². The second-order valence-corrected chi connectivity index (χ2v) is 17.2. The number of aliphatic carboxylic acids is 2. The van der Waals surface area contributed by atoms with Crippen molar-refractivity contribution < 1.29 is 57.8 Å². The number of rotatable bonds is 22. The Balaban J connectivity index is 1.31. The third-order valence-electron chi connectivity index (χ3n) is 10.7. The van der Waals surface area contributed by atoms with Gasteiger partial charge in [-0.3, -0.25) is 19.2 Å². The molecular formula is C44H60O12. The van der Waals surface area contributed by atoms with Crippen molar-refractivity contribution in [3.63, 3.8) is 0 Å². The molecule has 0 aromatic heterocycles. The molecule has 2 N–H and O–H groups in total. The average Bonchev–Trinajstić information content (AvgIpc) is 3.10. The largest absolute Gasteiger partial charge is 0.488 e. The summed E-state index contributed by atoms with van der Waals surface area (Å²) in [5, 5.41) is 20.5. The van der Waals surface area contributed by atoms with Crippen LogP contribution in [0.3, 0.4) is 0 Å². The standard InChI is InChI=1S/C44H60O12/c1-41(2,53-27-23-43(5,6)55-29-15-11-9-12-16-29)21-25-51-39(49)35-32-20-19-31(33(35)37(45)46)34(38(47)48)36(32)40(50)52-26-22-42(3,4)54-28-24-44(7,8)56-30-17-13-10-14-18-30/h9-20,31-36H,21-28H2,1-8H3,(H,45,46)(H,47,48). The van der Waals surface area contributed by atoms with E-state index in [1.54, 1.807) is 6.08 Å². The molecule has 0 spiro atoms. The quantitative estimate of drug-likeness (QED) is 0.0901. The molecule has 3 aliphatic rings. The van der Waals surface area contributed by atoms with E-state index < -0.39 is 81.8 Å². The summed E-state index contributed by atoms with van der Waals surface area (Å²) in [6.07, 6.45) is 4.88. The van der Waals surface area contributed by atoms with E-state index in [0.29, 0.717) is 38.9 Å². The SMILES string of the molecule is CC(C)(CCOC(=O)C1C2C=CC(C1C(=O)O)C(C(=O)O)C2C(=O)OCCC(C)(C)OCCC(C)(C)Oc1ccccc1)OCCC(C)(C)Oc1ccccc1. The van der Waals surface area contributed by atoms with Crippen LogP contribution in [0.4, 0.5) is 0 Å². The second kappa shape index (κ2) is 18.7. The number of carboxylic acids is 2. The maximum atomic E-state index is 13.7. The molecule has 56 heavy (non-hydrogen) atoms. The molecule has 4 unspecified atom stereocenters. The molecule has 0 aliphatic heterocycles. The summed E-state index contributed by atoms with van der Waals surface area (Å²) in [7, 11) is 0. The number of carbonyl (C=O) groups excluding carboxylic acids is 2. The van der Waals surface area contributed by atoms with Gasteiger partial charge in [0, 0.05) is 37.5 Å². The van der Waals surface area contributed by atoms with Gasteiger partial charge >= 0.3 is 23.9 Å². The third kappa shape index (κ3) is 12.5. The van der Waals surface area contributed by atoms with Crippen molar-refractivity contribution in [3.05, 3.63) is 72.8 Å². The van der Waals surface area contributed by atoms with Gasteiger partial charge in [0.05, 0.1) is 61.3 Å². The second-order valence-electron chi connectivity index (χ2n) is 17.2. The van der Waals surface area contributed by atoms with Gasteiger partial charge in [0.2, 0.25) is 0 Å². The van der Waals surface area contributed by atoms with Gasteiger partial charge in [0.1, 0.15) is 22.7 Å². The molecule has 1 fully saturated rings. The lowest BCUT2D eigenvalue weighted by atomic mass is 9.53. The summed E-state index contributed by atoms with van der Waals surface area (Å²) in [6.45, 7) is 16.0. The lowest BCUT2D eigenvalue weighted by molar-refractivity contribution is -0.183. The van der Waals surface area contributed by atoms with Gasteiger partial charge in [0.25, 0.3) is 0 Å². The fraction of sp³-hybridized carbons (Fsp3) is 0.591. The van der Waals surface area contributed by atoms with E-state index in [4.69, 9.17) is 28.4 Å². The van der Waals surface area contributed by atoms with Crippen molar-refractivity contribution in [2.75, 3.05) is 26.4 Å². The van der Waals surface area contributed by atoms with E-state index in [2.05, 4.69) is 0 Å². The van der Waals surface area contributed by atoms with Gasteiger partial charge < -0.3 is 38.6 Å². The van der Waals surface area contributed by atoms with Crippen molar-refractivity contribution in [2.24, 2.45) is 35.5 Å². The Morgan fingerprint density at radius 1 is 0.482 bits per heavy atom. The van der Waals surface area contributed by atoms with Gasteiger partial charge in [0.15, 0.2) is 0 Å². The first kappa shape index (κ1) is 44.3. The van der Waals surface area contributed by atoms with Crippen molar-refractivity contribution in [1.82, 2.24) is 0 Å². The zero-order valence-corrected chi connectivity index (χ0v) is 34.0. The molecule has 2 bridgehead atoms. The van der Waals surface area contributed by atoms with Gasteiger partial charge in [-0.1, -0.05) is 48.6 Å². The minimum absolute atomic E-state index is 0.0677. The van der Waals surface area contributed by atoms with E-state index >= 15 is 0 Å². The molecule has 0 amide bonds. The Labute approximate surface area is 330 Å². The fourth-order valence-electron chi connectivity index (χ4n) is 7.38. The van der Waals surface area contributed by atoms with Crippen LogP contribution in [0, 0.1) is 35.5 Å². The molecule has 4 atom stereocenters. The maximum Gasteiger partial charge on any atom is 0.310 e. The molecule has 0 radical (unpaired) electrons. The Morgan fingerprint density at radius 3 is 1.14 bits per heavy atom. The number of benzene rings is 2. The summed E-state index contributed by atoms with van der Waals surface area (Å²) in [5.74, 6) is -10.3. The molecule has 12 nitrogen and oxygen atoms in total. The van der Waals surface area contributed by atoms with Crippen molar-refractivity contribution in [2.45, 2.75) is 103 Å². The Morgan fingerprint density at radius 2 is 0.804 bits per heavy atom. The van der Waals surface area contributed by atoms with Crippen LogP contribution in [0.25, 0.3) is 0 Å². The van der Waals surface area contributed by atoms with Crippen LogP contribution >= 0.6 is 0 Å². The van der Waals surface area contributed by atoms with Crippen LogP contribution in [0.1, 0.15) is 81.1 Å². The molecule has 2 aromatic carbocycles. The molecule has 0 saturated heterocycles. The van der Waals surface area contributed by atoms with Crippen molar-refractivity contribution >= 4 is 23.9 Å². The molecule has 2 aromatic rings. The van der Waals surface area contributed by atoms with Crippen LogP contribution in [-0.2, 0) is 38.1 Å². The van der Waals surface area contributed by atoms with E-state index in [0.717, 1.165) is 11.5 Å². The number of para-hydroxylation sites is 2. The fourth-order valence-corrected chi connectivity index (χ4v) is 7.38. The number of allylic oxidation sites excluding steroid dienone is 2. The summed E-state index contributed by atoms with van der Waals surface area (Å²) in [5.41, 5.74) is -2.36. The maximum absolute atomic E-state index is 13.7. The number of fused-ring (bicyclic) bond motifs is 2. The van der Waals surface area contributed by atoms with E-state index in [9.17, 15) is 29.4 Å². The van der Waals surface area contributed by atoms with Crippen LogP contribution in [0.5, 0.6) is 11.5 Å². The van der Waals surface area contributed by atoms with Gasteiger partial charge in [-0.15, -0.1) is 0 Å². The molecule has 3 aliphatic carbocycles. The number of carbonyl (C=O) groups is 4. The summed E-state index contributed by atoms with van der Waals surface area (Å²) < 4.78 is 35.8. The van der Waals surface area contributed by atoms with Crippen molar-refractivity contribution in [1.29, 1.82) is 0 Å². The minimum atomic E-state index is -1.39. The van der Waals surface area contributed by atoms with Gasteiger partial charge in [-0.2, -0.15) is 0 Å². The molecule has 5 rings (SSSR count). The number of carboxylic acid groups (broad SMARTS) is 2. The van der Waals surface area contributed by atoms with Crippen molar-refractivity contribution in [3.8, 4) is 11.5 Å². The zero-order valence-electron chi connectivity index (χ0n) is 34.0. The van der Waals surface area contributed by atoms with Crippen LogP contribution in [0.15, 0.2) is 72.8 Å². The monoisotopic (exact) mass is 780 g/mol. The number of esters is 2. The van der Waals surface area contributed by atoms with Crippen LogP contribution < -0.4 is 9.47 Å². The van der Waals surface area contributed by atoms with Crippen LogP contribution in [-0.4, -0.2) is 82.9 Å². The molecule has 308 valence electrons. The molecule has 1 saturated carbocycles. The normalized spacial score (nSPS) is 22.3. The highest BCUT2D eigenvalue weighted by Crippen LogP contribution is 2.52. The summed E-state index contributed by atoms with van der Waals surface area (Å²) in [4.78, 5) is 52.5. The minimum Gasteiger partial charge on any atom is -0.488 e.